The van der Waals surface area contributed by atoms with Crippen LogP contribution in [0.3, 0.4) is 0 Å². The Balaban J connectivity index is 1.49. The molecule has 0 spiro atoms. The van der Waals surface area contributed by atoms with E-state index < -0.39 is 11.7 Å². The van der Waals surface area contributed by atoms with Gasteiger partial charge in [0.05, 0.1) is 30.7 Å². The van der Waals surface area contributed by atoms with E-state index in [1.807, 2.05) is 6.07 Å². The van der Waals surface area contributed by atoms with Crippen LogP contribution in [0.2, 0.25) is 0 Å². The number of carbonyl (C=O) groups is 1. The second-order valence-corrected chi connectivity index (χ2v) is 6.99. The molecule has 1 fully saturated rings. The highest BCUT2D eigenvalue weighted by molar-refractivity contribution is 7.99. The van der Waals surface area contributed by atoms with E-state index in [1.54, 1.807) is 18.3 Å². The van der Waals surface area contributed by atoms with Gasteiger partial charge in [0.25, 0.3) is 11.7 Å². The van der Waals surface area contributed by atoms with Gasteiger partial charge in [0.15, 0.2) is 5.82 Å². The normalized spacial score (nSPS) is 14.2. The molecule has 1 aliphatic heterocycles. The minimum absolute atomic E-state index is 0.238. The van der Waals surface area contributed by atoms with Gasteiger partial charge in [0, 0.05) is 37.1 Å². The number of hydrogen-bond acceptors (Lipinski definition) is 7. The summed E-state index contributed by atoms with van der Waals surface area (Å²) in [6, 6.07) is 8.22. The monoisotopic (exact) mass is 409 g/mol. The molecule has 1 aromatic carbocycles. The zero-order valence-corrected chi connectivity index (χ0v) is 15.9. The summed E-state index contributed by atoms with van der Waals surface area (Å²) in [4.78, 5) is 14.7. The lowest BCUT2D eigenvalue weighted by molar-refractivity contribution is 0.0952. The molecular formula is C18H21F2N5O2S. The molecule has 2 aromatic rings. The lowest BCUT2D eigenvalue weighted by Gasteiger charge is -2.28. The fourth-order valence-electron chi connectivity index (χ4n) is 2.75. The van der Waals surface area contributed by atoms with Crippen molar-refractivity contribution in [3.05, 3.63) is 42.1 Å². The summed E-state index contributed by atoms with van der Waals surface area (Å²) in [5.41, 5.74) is 1.20. The summed E-state index contributed by atoms with van der Waals surface area (Å²) in [5.74, 6) is -2.36. The van der Waals surface area contributed by atoms with Gasteiger partial charge in [-0.3, -0.25) is 4.79 Å². The Morgan fingerprint density at radius 1 is 1.25 bits per heavy atom. The first-order valence-electron chi connectivity index (χ1n) is 8.85. The lowest BCUT2D eigenvalue weighted by Crippen LogP contribution is -2.36. The van der Waals surface area contributed by atoms with Crippen LogP contribution in [0.1, 0.15) is 10.4 Å². The highest BCUT2D eigenvalue weighted by atomic mass is 32.2. The predicted molar refractivity (Wildman–Crippen MR) is 104 cm³/mol. The number of morpholine rings is 1. The van der Waals surface area contributed by atoms with E-state index in [0.29, 0.717) is 43.9 Å². The quantitative estimate of drug-likeness (QED) is 0.512. The summed E-state index contributed by atoms with van der Waals surface area (Å²) in [6.45, 7) is 3.71. The number of anilines is 2. The fourth-order valence-corrected chi connectivity index (χ4v) is 3.39. The third-order valence-electron chi connectivity index (χ3n) is 4.08. The van der Waals surface area contributed by atoms with Crippen LogP contribution in [0.5, 0.6) is 0 Å². The topological polar surface area (TPSA) is 79.4 Å². The average Bonchev–Trinajstić information content (AvgIpc) is 2.72. The number of aromatic nitrogens is 2. The molecule has 1 saturated heterocycles. The third kappa shape index (κ3) is 5.77. The highest BCUT2D eigenvalue weighted by Crippen LogP contribution is 2.28. The second-order valence-electron chi connectivity index (χ2n) is 5.96. The number of halogens is 2. The van der Waals surface area contributed by atoms with E-state index in [-0.39, 0.29) is 10.5 Å². The molecule has 28 heavy (non-hydrogen) atoms. The van der Waals surface area contributed by atoms with Crippen molar-refractivity contribution in [1.29, 1.82) is 0 Å². The van der Waals surface area contributed by atoms with Crippen LogP contribution < -0.4 is 15.5 Å². The number of thioether (sulfide) groups is 1. The molecule has 1 aliphatic rings. The third-order valence-corrected chi connectivity index (χ3v) is 4.87. The van der Waals surface area contributed by atoms with Gasteiger partial charge in [0.1, 0.15) is 0 Å². The standard InChI is InChI=1S/C18H21F2N5O2S/c19-18(20)28-15-4-2-1-3-14(15)17(26)22-6-5-21-16-11-13(12-23-24-16)25-7-9-27-10-8-25/h1-4,11-12,18H,5-10H2,(H,21,24)(H,22,26). The number of nitrogens with one attached hydrogen (secondary N) is 2. The van der Waals surface area contributed by atoms with Crippen LogP contribution in [0.15, 0.2) is 41.4 Å². The van der Waals surface area contributed by atoms with Crippen molar-refractivity contribution in [2.24, 2.45) is 0 Å². The van der Waals surface area contributed by atoms with Gasteiger partial charge in [-0.15, -0.1) is 5.10 Å². The number of alkyl halides is 2. The summed E-state index contributed by atoms with van der Waals surface area (Å²) in [6.07, 6.45) is 1.70. The number of benzene rings is 1. The molecule has 0 unspecified atom stereocenters. The minimum Gasteiger partial charge on any atom is -0.378 e. The molecule has 1 amide bonds. The Labute approximate surface area is 165 Å². The summed E-state index contributed by atoms with van der Waals surface area (Å²) < 4.78 is 30.6. The van der Waals surface area contributed by atoms with Crippen molar-refractivity contribution in [3.63, 3.8) is 0 Å². The van der Waals surface area contributed by atoms with Crippen molar-refractivity contribution in [2.45, 2.75) is 10.7 Å². The Bertz CT molecular complexity index is 790. The second kappa shape index (κ2) is 10.2. The molecular weight excluding hydrogens is 388 g/mol. The smallest absolute Gasteiger partial charge is 0.288 e. The Kier molecular flexibility index (Phi) is 7.38. The van der Waals surface area contributed by atoms with Crippen molar-refractivity contribution in [1.82, 2.24) is 15.5 Å². The van der Waals surface area contributed by atoms with Crippen molar-refractivity contribution in [3.8, 4) is 0 Å². The van der Waals surface area contributed by atoms with Crippen molar-refractivity contribution in [2.75, 3.05) is 49.6 Å². The van der Waals surface area contributed by atoms with Gasteiger partial charge >= 0.3 is 0 Å². The number of ether oxygens (including phenoxy) is 1. The SMILES string of the molecule is O=C(NCCNc1cc(N2CCOCC2)cnn1)c1ccccc1SC(F)F. The van der Waals surface area contributed by atoms with Crippen LogP contribution >= 0.6 is 11.8 Å². The molecule has 7 nitrogen and oxygen atoms in total. The number of hydrogen-bond donors (Lipinski definition) is 2. The minimum atomic E-state index is -2.58. The van der Waals surface area contributed by atoms with E-state index in [2.05, 4.69) is 25.7 Å². The number of nitrogens with zero attached hydrogens (tertiary/aromatic N) is 3. The molecule has 10 heteroatoms. The highest BCUT2D eigenvalue weighted by Gasteiger charge is 2.15. The zero-order valence-electron chi connectivity index (χ0n) is 15.1. The number of amides is 1. The lowest BCUT2D eigenvalue weighted by atomic mass is 10.2. The van der Waals surface area contributed by atoms with Crippen LogP contribution in [0, 0.1) is 0 Å². The number of carbonyl (C=O) groups excluding carboxylic acids is 1. The largest absolute Gasteiger partial charge is 0.378 e. The van der Waals surface area contributed by atoms with Gasteiger partial charge in [-0.05, 0) is 12.1 Å². The van der Waals surface area contributed by atoms with Gasteiger partial charge in [-0.25, -0.2) is 0 Å². The molecule has 0 bridgehead atoms. The van der Waals surface area contributed by atoms with E-state index in [4.69, 9.17) is 4.74 Å². The summed E-state index contributed by atoms with van der Waals surface area (Å²) >= 11 is 0.363. The molecule has 150 valence electrons. The zero-order chi connectivity index (χ0) is 19.8. The van der Waals surface area contributed by atoms with E-state index in [0.717, 1.165) is 18.8 Å². The first-order valence-corrected chi connectivity index (χ1v) is 9.73. The van der Waals surface area contributed by atoms with Crippen LogP contribution in [0.25, 0.3) is 0 Å². The Morgan fingerprint density at radius 3 is 2.82 bits per heavy atom. The van der Waals surface area contributed by atoms with Crippen molar-refractivity contribution >= 4 is 29.2 Å². The molecule has 2 N–H and O–H groups in total. The first-order chi connectivity index (χ1) is 13.6. The maximum Gasteiger partial charge on any atom is 0.288 e. The van der Waals surface area contributed by atoms with Crippen LogP contribution in [0.4, 0.5) is 20.3 Å². The van der Waals surface area contributed by atoms with Crippen LogP contribution in [-0.2, 0) is 4.74 Å². The number of rotatable bonds is 8. The van der Waals surface area contributed by atoms with Gasteiger partial charge in [-0.2, -0.15) is 13.9 Å². The molecule has 0 aliphatic carbocycles. The molecule has 1 aromatic heterocycles. The summed E-state index contributed by atoms with van der Waals surface area (Å²) in [7, 11) is 0. The van der Waals surface area contributed by atoms with Crippen LogP contribution in [-0.4, -0.2) is 61.3 Å². The van der Waals surface area contributed by atoms with Gasteiger partial charge in [0.2, 0.25) is 0 Å². The van der Waals surface area contributed by atoms with Crippen molar-refractivity contribution < 1.29 is 18.3 Å². The Hall–Kier alpha value is -2.46. The molecule has 0 atom stereocenters. The van der Waals surface area contributed by atoms with Gasteiger partial charge < -0.3 is 20.3 Å². The fraction of sp³-hybridized carbons (Fsp3) is 0.389. The summed E-state index contributed by atoms with van der Waals surface area (Å²) in [5, 5.41) is 13.9. The van der Waals surface area contributed by atoms with E-state index >= 15 is 0 Å². The molecule has 0 saturated carbocycles. The molecule has 3 rings (SSSR count). The maximum absolute atomic E-state index is 12.6. The Morgan fingerprint density at radius 2 is 2.04 bits per heavy atom. The van der Waals surface area contributed by atoms with Gasteiger partial charge in [-0.1, -0.05) is 23.9 Å². The predicted octanol–water partition coefficient (Wildman–Crippen LogP) is 2.47. The van der Waals surface area contributed by atoms with E-state index in [1.165, 1.54) is 12.1 Å². The maximum atomic E-state index is 12.6. The van der Waals surface area contributed by atoms with E-state index in [9.17, 15) is 13.6 Å². The average molecular weight is 409 g/mol. The molecule has 0 radical (unpaired) electrons. The molecule has 2 heterocycles. The first kappa shape index (κ1) is 20.3.